The SMILES string of the molecule is CC(C)(C)c1ccc(-c2ccc(C(C)(C)C)c3nsnc23)c2nsnc12. The van der Waals surface area contributed by atoms with E-state index < -0.39 is 0 Å². The van der Waals surface area contributed by atoms with E-state index in [2.05, 4.69) is 83.3 Å². The Morgan fingerprint density at radius 3 is 1.23 bits per heavy atom. The molecule has 0 spiro atoms. The monoisotopic (exact) mass is 382 g/mol. The van der Waals surface area contributed by atoms with Crippen LogP contribution in [-0.4, -0.2) is 17.5 Å². The average Bonchev–Trinajstić information content (AvgIpc) is 3.20. The molecule has 0 aliphatic rings. The molecule has 0 unspecified atom stereocenters. The first kappa shape index (κ1) is 17.5. The summed E-state index contributed by atoms with van der Waals surface area (Å²) >= 11 is 2.55. The average molecular weight is 383 g/mol. The van der Waals surface area contributed by atoms with Crippen molar-refractivity contribution in [1.82, 2.24) is 17.5 Å². The number of benzene rings is 2. The van der Waals surface area contributed by atoms with Crippen LogP contribution in [0.1, 0.15) is 52.7 Å². The third-order valence-corrected chi connectivity index (χ3v) is 5.79. The van der Waals surface area contributed by atoms with Gasteiger partial charge in [0.15, 0.2) is 0 Å². The lowest BCUT2D eigenvalue weighted by Gasteiger charge is -2.21. The summed E-state index contributed by atoms with van der Waals surface area (Å²) in [4.78, 5) is 0. The van der Waals surface area contributed by atoms with Crippen LogP contribution < -0.4 is 0 Å². The highest BCUT2D eigenvalue weighted by molar-refractivity contribution is 7.00. The Hall–Kier alpha value is -1.92. The Morgan fingerprint density at radius 1 is 0.538 bits per heavy atom. The summed E-state index contributed by atoms with van der Waals surface area (Å²) in [5, 5.41) is 0. The summed E-state index contributed by atoms with van der Waals surface area (Å²) in [7, 11) is 0. The van der Waals surface area contributed by atoms with E-state index in [1.165, 1.54) is 34.6 Å². The first-order valence-corrected chi connectivity index (χ1v) is 10.2. The van der Waals surface area contributed by atoms with Crippen molar-refractivity contribution >= 4 is 45.5 Å². The van der Waals surface area contributed by atoms with Gasteiger partial charge in [-0.25, -0.2) is 0 Å². The van der Waals surface area contributed by atoms with Gasteiger partial charge in [0.1, 0.15) is 22.1 Å². The van der Waals surface area contributed by atoms with Gasteiger partial charge in [-0.2, -0.15) is 17.5 Å². The molecular weight excluding hydrogens is 360 g/mol. The molecular formula is C20H22N4S2. The highest BCUT2D eigenvalue weighted by Crippen LogP contribution is 2.39. The summed E-state index contributed by atoms with van der Waals surface area (Å²) in [5.41, 5.74) is 8.58. The lowest BCUT2D eigenvalue weighted by atomic mass is 9.83. The molecule has 2 heterocycles. The van der Waals surface area contributed by atoms with Crippen LogP contribution in [0.15, 0.2) is 24.3 Å². The van der Waals surface area contributed by atoms with E-state index in [-0.39, 0.29) is 10.8 Å². The van der Waals surface area contributed by atoms with E-state index in [0.717, 1.165) is 33.2 Å². The van der Waals surface area contributed by atoms with Crippen molar-refractivity contribution in [2.75, 3.05) is 0 Å². The van der Waals surface area contributed by atoms with Gasteiger partial charge in [-0.1, -0.05) is 65.8 Å². The topological polar surface area (TPSA) is 51.6 Å². The van der Waals surface area contributed by atoms with Crippen molar-refractivity contribution in [2.24, 2.45) is 0 Å². The summed E-state index contributed by atoms with van der Waals surface area (Å²) in [6, 6.07) is 8.69. The van der Waals surface area contributed by atoms with Crippen molar-refractivity contribution in [1.29, 1.82) is 0 Å². The van der Waals surface area contributed by atoms with Crippen LogP contribution in [0.2, 0.25) is 0 Å². The summed E-state index contributed by atoms with van der Waals surface area (Å²) in [6.45, 7) is 13.3. The van der Waals surface area contributed by atoms with Crippen molar-refractivity contribution in [2.45, 2.75) is 52.4 Å². The summed E-state index contributed by atoms with van der Waals surface area (Å²) in [6.07, 6.45) is 0. The maximum Gasteiger partial charge on any atom is 0.112 e. The van der Waals surface area contributed by atoms with E-state index in [9.17, 15) is 0 Å². The van der Waals surface area contributed by atoms with E-state index in [1.807, 2.05) is 0 Å². The molecule has 0 saturated heterocycles. The maximum absolute atomic E-state index is 4.62. The molecule has 0 atom stereocenters. The normalized spacial score (nSPS) is 13.0. The molecule has 0 N–H and O–H groups in total. The van der Waals surface area contributed by atoms with E-state index in [0.29, 0.717) is 0 Å². The summed E-state index contributed by atoms with van der Waals surface area (Å²) < 4.78 is 18.4. The molecule has 4 rings (SSSR count). The second kappa shape index (κ2) is 5.79. The zero-order valence-corrected chi connectivity index (χ0v) is 17.5. The number of fused-ring (bicyclic) bond motifs is 2. The molecule has 0 saturated carbocycles. The fourth-order valence-electron chi connectivity index (χ4n) is 3.38. The third kappa shape index (κ3) is 2.72. The number of aromatic nitrogens is 4. The molecule has 4 aromatic rings. The Morgan fingerprint density at radius 2 is 0.885 bits per heavy atom. The van der Waals surface area contributed by atoms with Crippen LogP contribution in [0.5, 0.6) is 0 Å². The van der Waals surface area contributed by atoms with Gasteiger partial charge in [-0.05, 0) is 22.0 Å². The second-order valence-corrected chi connectivity index (χ2v) is 9.80. The molecule has 2 aromatic carbocycles. The van der Waals surface area contributed by atoms with Gasteiger partial charge in [-0.15, -0.1) is 0 Å². The van der Waals surface area contributed by atoms with Gasteiger partial charge in [0.2, 0.25) is 0 Å². The number of hydrogen-bond acceptors (Lipinski definition) is 6. The van der Waals surface area contributed by atoms with Crippen LogP contribution in [-0.2, 0) is 10.8 Å². The molecule has 0 amide bonds. The quantitative estimate of drug-likeness (QED) is 0.408. The number of rotatable bonds is 1. The maximum atomic E-state index is 4.62. The van der Waals surface area contributed by atoms with Crippen LogP contribution >= 0.6 is 23.5 Å². The van der Waals surface area contributed by atoms with Crippen LogP contribution in [0.25, 0.3) is 33.2 Å². The van der Waals surface area contributed by atoms with Gasteiger partial charge in [-0.3, -0.25) is 0 Å². The number of nitrogens with zero attached hydrogens (tertiary/aromatic N) is 4. The van der Waals surface area contributed by atoms with Crippen molar-refractivity contribution < 1.29 is 0 Å². The predicted molar refractivity (Wildman–Crippen MR) is 111 cm³/mol. The fourth-order valence-corrected chi connectivity index (χ4v) is 4.53. The Balaban J connectivity index is 2.01. The van der Waals surface area contributed by atoms with Crippen molar-refractivity contribution in [3.05, 3.63) is 35.4 Å². The first-order chi connectivity index (χ1) is 12.2. The first-order valence-electron chi connectivity index (χ1n) is 8.70. The Bertz CT molecular complexity index is 1020. The molecule has 0 aliphatic carbocycles. The molecule has 2 aromatic heterocycles. The summed E-state index contributed by atoms with van der Waals surface area (Å²) in [5.74, 6) is 0. The van der Waals surface area contributed by atoms with E-state index in [4.69, 9.17) is 0 Å². The van der Waals surface area contributed by atoms with E-state index >= 15 is 0 Å². The third-order valence-electron chi connectivity index (χ3n) is 4.74. The van der Waals surface area contributed by atoms with Gasteiger partial charge in [0.25, 0.3) is 0 Å². The van der Waals surface area contributed by atoms with Gasteiger partial charge < -0.3 is 0 Å². The Kier molecular flexibility index (Phi) is 3.90. The van der Waals surface area contributed by atoms with Crippen LogP contribution in [0.3, 0.4) is 0 Å². The lowest BCUT2D eigenvalue weighted by Crippen LogP contribution is -2.12. The minimum atomic E-state index is 0.0279. The van der Waals surface area contributed by atoms with Gasteiger partial charge in [0.05, 0.1) is 23.5 Å². The molecule has 134 valence electrons. The van der Waals surface area contributed by atoms with Crippen LogP contribution in [0, 0.1) is 0 Å². The van der Waals surface area contributed by atoms with Crippen molar-refractivity contribution in [3.8, 4) is 11.1 Å². The molecule has 0 aliphatic heterocycles. The molecule has 4 nitrogen and oxygen atoms in total. The smallest absolute Gasteiger partial charge is 0.112 e. The highest BCUT2D eigenvalue weighted by Gasteiger charge is 2.24. The lowest BCUT2D eigenvalue weighted by molar-refractivity contribution is 0.594. The molecule has 6 heteroatoms. The zero-order chi connectivity index (χ0) is 18.7. The minimum absolute atomic E-state index is 0.0279. The standard InChI is InChI=1S/C20H22N4S2/c1-19(2,3)13-9-7-11(15-17(13)23-25-21-15)12-8-10-14(20(4,5)6)18-16(12)22-26-24-18/h7-10H,1-6H3. The van der Waals surface area contributed by atoms with Crippen molar-refractivity contribution in [3.63, 3.8) is 0 Å². The Labute approximate surface area is 161 Å². The second-order valence-electron chi connectivity index (χ2n) is 8.74. The molecule has 0 radical (unpaired) electrons. The molecule has 0 fully saturated rings. The zero-order valence-electron chi connectivity index (χ0n) is 15.9. The largest absolute Gasteiger partial charge is 0.173 e. The highest BCUT2D eigenvalue weighted by atomic mass is 32.1. The van der Waals surface area contributed by atoms with E-state index in [1.54, 1.807) is 0 Å². The van der Waals surface area contributed by atoms with Crippen LogP contribution in [0.4, 0.5) is 0 Å². The van der Waals surface area contributed by atoms with Gasteiger partial charge >= 0.3 is 0 Å². The van der Waals surface area contributed by atoms with Gasteiger partial charge in [0, 0.05) is 11.1 Å². The molecule has 0 bridgehead atoms. The minimum Gasteiger partial charge on any atom is -0.173 e. The fraction of sp³-hybridized carbons (Fsp3) is 0.400. The predicted octanol–water partition coefficient (Wildman–Crippen LogP) is 5.96. The molecule has 26 heavy (non-hydrogen) atoms. The number of hydrogen-bond donors (Lipinski definition) is 0.